The minimum absolute atomic E-state index is 0.145. The highest BCUT2D eigenvalue weighted by atomic mass is 19.1. The van der Waals surface area contributed by atoms with Gasteiger partial charge < -0.3 is 5.73 Å². The van der Waals surface area contributed by atoms with Crippen LogP contribution in [0.3, 0.4) is 0 Å². The summed E-state index contributed by atoms with van der Waals surface area (Å²) in [5.41, 5.74) is 11.9. The number of nitrogens with one attached hydrogen (secondary N) is 1. The lowest BCUT2D eigenvalue weighted by molar-refractivity contribution is -0.124. The second-order valence-electron chi connectivity index (χ2n) is 4.81. The fourth-order valence-corrected chi connectivity index (χ4v) is 1.88. The molecule has 0 aliphatic carbocycles. The first-order valence-corrected chi connectivity index (χ1v) is 6.35. The maximum atomic E-state index is 14.0. The Balaban J connectivity index is 3.02. The number of primary amides is 1. The van der Waals surface area contributed by atoms with E-state index in [2.05, 4.69) is 15.3 Å². The molecule has 0 spiro atoms. The molecule has 0 aliphatic heterocycles. The first-order chi connectivity index (χ1) is 9.82. The number of carbonyl (C=O) groups is 1. The quantitative estimate of drug-likeness (QED) is 0.349. The molecular formula is C13H17F2N5O. The number of benzene rings is 1. The minimum atomic E-state index is -1.55. The van der Waals surface area contributed by atoms with Crippen molar-refractivity contribution in [3.8, 4) is 0 Å². The van der Waals surface area contributed by atoms with Gasteiger partial charge in [0.05, 0.1) is 0 Å². The smallest absolute Gasteiger partial charge is 0.242 e. The number of nitrogens with two attached hydrogens (primary N) is 1. The van der Waals surface area contributed by atoms with Crippen LogP contribution in [0.1, 0.15) is 24.5 Å². The third-order valence-electron chi connectivity index (χ3n) is 3.26. The molecule has 0 fully saturated rings. The number of amides is 1. The second-order valence-corrected chi connectivity index (χ2v) is 4.81. The van der Waals surface area contributed by atoms with Crippen LogP contribution in [-0.2, 0) is 10.3 Å². The molecule has 8 heteroatoms. The fraction of sp³-hybridized carbons (Fsp3) is 0.462. The Labute approximate surface area is 121 Å². The van der Waals surface area contributed by atoms with E-state index >= 15 is 0 Å². The monoisotopic (exact) mass is 297 g/mol. The van der Waals surface area contributed by atoms with Crippen LogP contribution in [0.4, 0.5) is 8.78 Å². The van der Waals surface area contributed by atoms with Crippen molar-refractivity contribution in [2.75, 3.05) is 13.1 Å². The van der Waals surface area contributed by atoms with Crippen molar-refractivity contribution in [3.05, 3.63) is 45.3 Å². The summed E-state index contributed by atoms with van der Waals surface area (Å²) >= 11 is 0. The largest absolute Gasteiger partial charge is 0.368 e. The molecule has 1 rings (SSSR count). The van der Waals surface area contributed by atoms with Crippen LogP contribution in [0.15, 0.2) is 17.2 Å². The normalized spacial score (nSPS) is 13.3. The maximum Gasteiger partial charge on any atom is 0.242 e. The summed E-state index contributed by atoms with van der Waals surface area (Å²) in [7, 11) is 0. The van der Waals surface area contributed by atoms with Gasteiger partial charge in [0.1, 0.15) is 17.2 Å². The standard InChI is InChI=1S/C13H17F2N5O/c1-8-6-11(15)9(7-10(8)14)13(2,12(16)21)18-4-3-5-19-20-17/h6-7,18H,3-5H2,1-2H3,(H2,16,21). The zero-order valence-corrected chi connectivity index (χ0v) is 11.9. The number of azide groups is 1. The zero-order valence-electron chi connectivity index (χ0n) is 11.9. The number of rotatable bonds is 7. The molecule has 1 aromatic carbocycles. The van der Waals surface area contributed by atoms with Crippen LogP contribution in [0.25, 0.3) is 10.4 Å². The molecular weight excluding hydrogens is 280 g/mol. The number of halogens is 2. The Morgan fingerprint density at radius 3 is 2.71 bits per heavy atom. The Bertz CT molecular complexity index is 586. The van der Waals surface area contributed by atoms with E-state index in [0.29, 0.717) is 6.42 Å². The lowest BCUT2D eigenvalue weighted by Gasteiger charge is -2.28. The summed E-state index contributed by atoms with van der Waals surface area (Å²) in [6.45, 7) is 3.30. The molecule has 1 unspecified atom stereocenters. The Morgan fingerprint density at radius 2 is 2.14 bits per heavy atom. The van der Waals surface area contributed by atoms with Crippen LogP contribution >= 0.6 is 0 Å². The van der Waals surface area contributed by atoms with Crippen molar-refractivity contribution >= 4 is 5.91 Å². The van der Waals surface area contributed by atoms with Crippen molar-refractivity contribution in [1.82, 2.24) is 5.32 Å². The molecule has 0 bridgehead atoms. The van der Waals surface area contributed by atoms with Crippen LogP contribution in [0.2, 0.25) is 0 Å². The van der Waals surface area contributed by atoms with E-state index in [1.54, 1.807) is 0 Å². The van der Waals surface area contributed by atoms with Crippen molar-refractivity contribution in [2.24, 2.45) is 10.8 Å². The minimum Gasteiger partial charge on any atom is -0.368 e. The van der Waals surface area contributed by atoms with Gasteiger partial charge in [0.15, 0.2) is 0 Å². The average Bonchev–Trinajstić information content (AvgIpc) is 2.42. The predicted octanol–water partition coefficient (Wildman–Crippen LogP) is 2.26. The fourth-order valence-electron chi connectivity index (χ4n) is 1.88. The van der Waals surface area contributed by atoms with Gasteiger partial charge >= 0.3 is 0 Å². The zero-order chi connectivity index (χ0) is 16.0. The summed E-state index contributed by atoms with van der Waals surface area (Å²) in [5.74, 6) is -2.15. The van der Waals surface area contributed by atoms with Gasteiger partial charge in [0.2, 0.25) is 5.91 Å². The molecule has 0 aromatic heterocycles. The highest BCUT2D eigenvalue weighted by Crippen LogP contribution is 2.26. The first-order valence-electron chi connectivity index (χ1n) is 6.35. The Morgan fingerprint density at radius 1 is 1.48 bits per heavy atom. The van der Waals surface area contributed by atoms with Gasteiger partial charge in [-0.05, 0) is 50.0 Å². The Hall–Kier alpha value is -2.18. The lowest BCUT2D eigenvalue weighted by atomic mass is 9.89. The van der Waals surface area contributed by atoms with Crippen LogP contribution < -0.4 is 11.1 Å². The van der Waals surface area contributed by atoms with Crippen molar-refractivity contribution < 1.29 is 13.6 Å². The summed E-state index contributed by atoms with van der Waals surface area (Å²) < 4.78 is 27.7. The number of carbonyl (C=O) groups excluding carboxylic acids is 1. The van der Waals surface area contributed by atoms with E-state index in [4.69, 9.17) is 11.3 Å². The molecule has 3 N–H and O–H groups in total. The van der Waals surface area contributed by atoms with E-state index in [9.17, 15) is 13.6 Å². The molecule has 0 heterocycles. The molecule has 1 atom stereocenters. The first kappa shape index (κ1) is 16.9. The van der Waals surface area contributed by atoms with Crippen LogP contribution in [0.5, 0.6) is 0 Å². The van der Waals surface area contributed by atoms with Crippen LogP contribution in [0, 0.1) is 18.6 Å². The van der Waals surface area contributed by atoms with Gasteiger partial charge in [0, 0.05) is 17.0 Å². The molecule has 1 aromatic rings. The maximum absolute atomic E-state index is 14.0. The average molecular weight is 297 g/mol. The molecule has 21 heavy (non-hydrogen) atoms. The van der Waals surface area contributed by atoms with E-state index in [1.807, 2.05) is 0 Å². The summed E-state index contributed by atoms with van der Waals surface area (Å²) in [6, 6.07) is 1.99. The number of aryl methyl sites for hydroxylation is 1. The third kappa shape index (κ3) is 3.90. The topological polar surface area (TPSA) is 104 Å². The van der Waals surface area contributed by atoms with Gasteiger partial charge in [-0.25, -0.2) is 8.78 Å². The highest BCUT2D eigenvalue weighted by Gasteiger charge is 2.35. The van der Waals surface area contributed by atoms with Gasteiger partial charge in [-0.15, -0.1) is 0 Å². The predicted molar refractivity (Wildman–Crippen MR) is 74.3 cm³/mol. The summed E-state index contributed by atoms with van der Waals surface area (Å²) in [5, 5.41) is 6.14. The van der Waals surface area contributed by atoms with Gasteiger partial charge in [-0.3, -0.25) is 10.1 Å². The van der Waals surface area contributed by atoms with Gasteiger partial charge in [0.25, 0.3) is 0 Å². The Kier molecular flexibility index (Phi) is 5.63. The lowest BCUT2D eigenvalue weighted by Crippen LogP contribution is -2.51. The third-order valence-corrected chi connectivity index (χ3v) is 3.26. The number of hydrogen-bond donors (Lipinski definition) is 2. The highest BCUT2D eigenvalue weighted by molar-refractivity contribution is 5.85. The molecule has 0 saturated heterocycles. The molecule has 0 aliphatic rings. The van der Waals surface area contributed by atoms with Crippen molar-refractivity contribution in [3.63, 3.8) is 0 Å². The van der Waals surface area contributed by atoms with Gasteiger partial charge in [-0.2, -0.15) is 0 Å². The summed E-state index contributed by atoms with van der Waals surface area (Å²) in [6.07, 6.45) is 0.433. The molecule has 0 radical (unpaired) electrons. The van der Waals surface area contributed by atoms with E-state index < -0.39 is 23.1 Å². The second kappa shape index (κ2) is 7.01. The summed E-state index contributed by atoms with van der Waals surface area (Å²) in [4.78, 5) is 14.3. The molecule has 114 valence electrons. The van der Waals surface area contributed by atoms with E-state index in [0.717, 1.165) is 12.1 Å². The van der Waals surface area contributed by atoms with Crippen LogP contribution in [-0.4, -0.2) is 19.0 Å². The van der Waals surface area contributed by atoms with E-state index in [1.165, 1.54) is 13.8 Å². The number of nitrogens with zero attached hydrogens (tertiary/aromatic N) is 3. The van der Waals surface area contributed by atoms with Crippen molar-refractivity contribution in [1.29, 1.82) is 0 Å². The number of hydrogen-bond acceptors (Lipinski definition) is 3. The molecule has 1 amide bonds. The van der Waals surface area contributed by atoms with Gasteiger partial charge in [-0.1, -0.05) is 5.11 Å². The van der Waals surface area contributed by atoms with Crippen molar-refractivity contribution in [2.45, 2.75) is 25.8 Å². The van der Waals surface area contributed by atoms with E-state index in [-0.39, 0.29) is 24.2 Å². The molecule has 6 nitrogen and oxygen atoms in total. The molecule has 0 saturated carbocycles. The SMILES string of the molecule is Cc1cc(F)c(C(C)(NCCCN=[N+]=[N-])C(N)=O)cc1F.